The van der Waals surface area contributed by atoms with E-state index in [0.717, 1.165) is 19.1 Å². The lowest BCUT2D eigenvalue weighted by Crippen LogP contribution is -2.16. The zero-order valence-electron chi connectivity index (χ0n) is 20.5. The van der Waals surface area contributed by atoms with Gasteiger partial charge in [-0.15, -0.1) is 0 Å². The summed E-state index contributed by atoms with van der Waals surface area (Å²) >= 11 is 0. The Hall–Kier alpha value is -2.43. The molecule has 1 aromatic heterocycles. The molecule has 1 fully saturated rings. The fourth-order valence-corrected chi connectivity index (χ4v) is 4.19. The predicted molar refractivity (Wildman–Crippen MR) is 127 cm³/mol. The van der Waals surface area contributed by atoms with Crippen LogP contribution in [0.2, 0.25) is 0 Å². The molecule has 0 bridgehead atoms. The lowest BCUT2D eigenvalue weighted by atomic mass is 10.1. The van der Waals surface area contributed by atoms with Crippen LogP contribution in [-0.4, -0.2) is 31.0 Å². The third-order valence-electron chi connectivity index (χ3n) is 5.20. The summed E-state index contributed by atoms with van der Waals surface area (Å²) in [5, 5.41) is 0. The van der Waals surface area contributed by atoms with Gasteiger partial charge < -0.3 is 0 Å². The smallest absolute Gasteiger partial charge is 0.253 e. The normalized spacial score (nSPS) is 16.1. The third-order valence-corrected chi connectivity index (χ3v) is 6.99. The second-order valence-corrected chi connectivity index (χ2v) is 9.89. The number of aliphatic imine (C=N–C) groups is 1. The molecule has 2 rings (SSSR count). The number of allylic oxidation sites excluding steroid dienone is 4. The van der Waals surface area contributed by atoms with Gasteiger partial charge in [-0.3, -0.25) is 4.99 Å². The first-order chi connectivity index (χ1) is 16.0. The lowest BCUT2D eigenvalue weighted by molar-refractivity contribution is -0.141. The topological polar surface area (TPSA) is 59.4 Å². The molecule has 0 radical (unpaired) electrons. The van der Waals surface area contributed by atoms with Gasteiger partial charge in [0.05, 0.1) is 21.9 Å². The van der Waals surface area contributed by atoms with Crippen molar-refractivity contribution in [1.29, 1.82) is 0 Å². The Morgan fingerprint density at radius 2 is 1.74 bits per heavy atom. The van der Waals surface area contributed by atoms with Crippen molar-refractivity contribution in [3.05, 3.63) is 57.8 Å². The van der Waals surface area contributed by atoms with E-state index in [1.807, 2.05) is 13.8 Å². The van der Waals surface area contributed by atoms with E-state index in [4.69, 9.17) is 0 Å². The van der Waals surface area contributed by atoms with Gasteiger partial charge in [-0.05, 0) is 51.3 Å². The van der Waals surface area contributed by atoms with Crippen molar-refractivity contribution in [2.45, 2.75) is 72.7 Å². The molecule has 11 heteroatoms. The molecule has 0 N–H and O–H groups in total. The highest BCUT2D eigenvalue weighted by Gasteiger charge is 2.37. The zero-order valence-corrected chi connectivity index (χ0v) is 21.3. The van der Waals surface area contributed by atoms with Crippen molar-refractivity contribution in [3.63, 3.8) is 0 Å². The van der Waals surface area contributed by atoms with Crippen molar-refractivity contribution in [1.82, 2.24) is 4.98 Å². The molecule has 0 saturated heterocycles. The second kappa shape index (κ2) is 11.5. The highest BCUT2D eigenvalue weighted by Crippen LogP contribution is 2.44. The van der Waals surface area contributed by atoms with Crippen LogP contribution in [0.4, 0.5) is 32.0 Å². The van der Waals surface area contributed by atoms with Gasteiger partial charge in [-0.25, -0.2) is 13.4 Å². The lowest BCUT2D eigenvalue weighted by Gasteiger charge is -2.16. The Balaban J connectivity index is 0.00000298. The van der Waals surface area contributed by atoms with Crippen LogP contribution in [0, 0.1) is 6.92 Å². The molecular formula is C24H30F6N2O2S. The molecule has 0 aromatic carbocycles. The molecule has 4 nitrogen and oxygen atoms in total. The summed E-state index contributed by atoms with van der Waals surface area (Å²) in [6.45, 7) is 12.8. The number of hydrogen-bond acceptors (Lipinski definition) is 4. The van der Waals surface area contributed by atoms with Gasteiger partial charge in [0.15, 0.2) is 9.84 Å². The van der Waals surface area contributed by atoms with Crippen molar-refractivity contribution >= 4 is 21.2 Å². The maximum absolute atomic E-state index is 13.4. The van der Waals surface area contributed by atoms with Gasteiger partial charge in [0.25, 0.3) is 0 Å². The maximum Gasteiger partial charge on any atom is 0.433 e. The molecule has 0 amide bonds. The minimum absolute atomic E-state index is 0.0896. The van der Waals surface area contributed by atoms with E-state index < -0.39 is 44.1 Å². The van der Waals surface area contributed by atoms with E-state index in [2.05, 4.69) is 16.6 Å². The number of halogens is 6. The minimum Gasteiger partial charge on any atom is -0.253 e. The van der Waals surface area contributed by atoms with Gasteiger partial charge in [-0.2, -0.15) is 26.3 Å². The average molecular weight is 525 g/mol. The first-order valence-corrected chi connectivity index (χ1v) is 12.7. The Kier molecular flexibility index (Phi) is 10.1. The number of nitrogens with zero attached hydrogens (tertiary/aromatic N) is 2. The summed E-state index contributed by atoms with van der Waals surface area (Å²) in [7, 11) is -4.17. The number of alkyl halides is 6. The second-order valence-electron chi connectivity index (χ2n) is 7.64. The minimum atomic E-state index is -4.81. The molecule has 1 aliphatic carbocycles. The molecular weight excluding hydrogens is 494 g/mol. The summed E-state index contributed by atoms with van der Waals surface area (Å²) in [5.41, 5.74) is -2.24. The Morgan fingerprint density at radius 3 is 2.14 bits per heavy atom. The zero-order chi connectivity index (χ0) is 27.4. The number of aromatic nitrogens is 1. The highest BCUT2D eigenvalue weighted by molar-refractivity contribution is 7.95. The molecule has 0 aliphatic heterocycles. The van der Waals surface area contributed by atoms with Gasteiger partial charge in [0.1, 0.15) is 5.69 Å². The Morgan fingerprint density at radius 1 is 1.20 bits per heavy atom. The number of sulfone groups is 1. The summed E-state index contributed by atoms with van der Waals surface area (Å²) in [6.07, 6.45) is -6.97. The molecule has 1 saturated carbocycles. The van der Waals surface area contributed by atoms with Gasteiger partial charge in [0.2, 0.25) is 0 Å². The van der Waals surface area contributed by atoms with Crippen LogP contribution in [0.25, 0.3) is 0 Å². The van der Waals surface area contributed by atoms with Crippen LogP contribution in [0.15, 0.2) is 45.8 Å². The molecule has 0 unspecified atom stereocenters. The van der Waals surface area contributed by atoms with Gasteiger partial charge >= 0.3 is 12.4 Å². The van der Waals surface area contributed by atoms with Crippen molar-refractivity contribution in [3.8, 4) is 0 Å². The Labute approximate surface area is 202 Å². The van der Waals surface area contributed by atoms with Crippen LogP contribution in [-0.2, 0) is 16.0 Å². The molecule has 0 spiro atoms. The summed E-state index contributed by atoms with van der Waals surface area (Å²) in [4.78, 5) is 7.17. The van der Waals surface area contributed by atoms with E-state index in [-0.39, 0.29) is 28.6 Å². The average Bonchev–Trinajstić information content (AvgIpc) is 3.60. The van der Waals surface area contributed by atoms with Crippen molar-refractivity contribution < 1.29 is 34.8 Å². The third kappa shape index (κ3) is 7.78. The largest absolute Gasteiger partial charge is 0.433 e. The maximum atomic E-state index is 13.4. The first kappa shape index (κ1) is 30.6. The number of rotatable bonds is 7. The standard InChI is InChI=1S/C22H24F6N2O2S.C2H6/c1-6-16(21(23,24)25)10-18(33(31,32)7-2)12(3)14(5)29-17-11-19(22(26,27)28)30-20(13(17)4)15-8-9-15;1-2/h6,10-11,15H,3,7-9H2,1-2,4-5H3;1-2H3/b16-6+,18-10+,29-14?;. The first-order valence-electron chi connectivity index (χ1n) is 11.0. The van der Waals surface area contributed by atoms with Crippen molar-refractivity contribution in [2.24, 2.45) is 4.99 Å². The van der Waals surface area contributed by atoms with Crippen molar-refractivity contribution in [2.75, 3.05) is 5.75 Å². The molecule has 196 valence electrons. The van der Waals surface area contributed by atoms with E-state index in [0.29, 0.717) is 24.5 Å². The Bertz CT molecular complexity index is 1140. The van der Waals surface area contributed by atoms with Crippen LogP contribution < -0.4 is 0 Å². The molecule has 0 atom stereocenters. The predicted octanol–water partition coefficient (Wildman–Crippen LogP) is 7.79. The van der Waals surface area contributed by atoms with E-state index in [1.165, 1.54) is 13.8 Å². The van der Waals surface area contributed by atoms with Gasteiger partial charge in [-0.1, -0.05) is 33.4 Å². The molecule has 35 heavy (non-hydrogen) atoms. The fraction of sp³-hybridized carbons (Fsp3) is 0.500. The van der Waals surface area contributed by atoms with Crippen LogP contribution in [0.3, 0.4) is 0 Å². The quantitative estimate of drug-likeness (QED) is 0.208. The van der Waals surface area contributed by atoms with Crippen LogP contribution >= 0.6 is 0 Å². The summed E-state index contributed by atoms with van der Waals surface area (Å²) in [5.74, 6) is -0.622. The van der Waals surface area contributed by atoms with Crippen LogP contribution in [0.5, 0.6) is 0 Å². The SMILES string of the molecule is C=C(C(C)=Nc1cc(C(F)(F)F)nc(C2CC2)c1C)/C(=C\C(=C/C)C(F)(F)F)S(=O)(=O)CC.CC. The van der Waals surface area contributed by atoms with Crippen LogP contribution in [0.1, 0.15) is 70.3 Å². The molecule has 1 heterocycles. The number of pyridine rings is 1. The molecule has 1 aliphatic rings. The summed E-state index contributed by atoms with van der Waals surface area (Å²) < 4.78 is 105. The van der Waals surface area contributed by atoms with Gasteiger partial charge in [0, 0.05) is 22.9 Å². The summed E-state index contributed by atoms with van der Waals surface area (Å²) in [6, 6.07) is 0.739. The van der Waals surface area contributed by atoms with E-state index in [1.54, 1.807) is 6.92 Å². The highest BCUT2D eigenvalue weighted by atomic mass is 32.2. The molecule has 1 aromatic rings. The monoisotopic (exact) mass is 524 g/mol. The van der Waals surface area contributed by atoms with E-state index in [9.17, 15) is 34.8 Å². The number of hydrogen-bond donors (Lipinski definition) is 0. The van der Waals surface area contributed by atoms with E-state index >= 15 is 0 Å². The fourth-order valence-electron chi connectivity index (χ4n) is 3.05.